The number of carbonyl (C=O) groups excluding carboxylic acids is 1. The minimum atomic E-state index is -3.65. The van der Waals surface area contributed by atoms with Crippen LogP contribution >= 0.6 is 0 Å². The van der Waals surface area contributed by atoms with Gasteiger partial charge in [0.2, 0.25) is 10.0 Å². The molecule has 1 aromatic heterocycles. The van der Waals surface area contributed by atoms with Gasteiger partial charge in [-0.2, -0.15) is 10.4 Å². The molecule has 166 valence electrons. The van der Waals surface area contributed by atoms with E-state index in [1.807, 2.05) is 0 Å². The summed E-state index contributed by atoms with van der Waals surface area (Å²) < 4.78 is 33.5. The Labute approximate surface area is 181 Å². The molecule has 0 unspecified atom stereocenters. The van der Waals surface area contributed by atoms with Crippen LogP contribution in [0.1, 0.15) is 42.1 Å². The molecular weight excluding hydrogens is 420 g/mol. The van der Waals surface area contributed by atoms with Crippen LogP contribution in [0.2, 0.25) is 0 Å². The van der Waals surface area contributed by atoms with Gasteiger partial charge in [-0.1, -0.05) is 12.8 Å². The van der Waals surface area contributed by atoms with E-state index < -0.39 is 15.9 Å². The van der Waals surface area contributed by atoms with Crippen LogP contribution in [0, 0.1) is 17.2 Å². The molecule has 0 saturated heterocycles. The van der Waals surface area contributed by atoms with Crippen molar-refractivity contribution in [1.82, 2.24) is 14.5 Å². The third-order valence-electron chi connectivity index (χ3n) is 5.26. The molecule has 0 bridgehead atoms. The number of aromatic nitrogens is 2. The van der Waals surface area contributed by atoms with Gasteiger partial charge in [0.1, 0.15) is 5.56 Å². The predicted molar refractivity (Wildman–Crippen MR) is 114 cm³/mol. The first-order valence-electron chi connectivity index (χ1n) is 10.00. The number of methoxy groups -OCH3 is 1. The van der Waals surface area contributed by atoms with Gasteiger partial charge in [-0.05, 0) is 37.1 Å². The van der Waals surface area contributed by atoms with Crippen molar-refractivity contribution in [2.24, 2.45) is 11.7 Å². The molecule has 2 aromatic rings. The lowest BCUT2D eigenvalue weighted by atomic mass is 9.85. The quantitative estimate of drug-likeness (QED) is 0.497. The second-order valence-electron chi connectivity index (χ2n) is 7.36. The molecule has 0 spiro atoms. The first kappa shape index (κ1) is 22.7. The molecule has 2 atom stereocenters. The Bertz CT molecular complexity index is 1060. The van der Waals surface area contributed by atoms with E-state index in [0.717, 1.165) is 25.7 Å². The van der Waals surface area contributed by atoms with E-state index in [4.69, 9.17) is 10.5 Å². The molecule has 1 saturated carbocycles. The predicted octanol–water partition coefficient (Wildman–Crippen LogP) is 1.91. The van der Waals surface area contributed by atoms with E-state index >= 15 is 0 Å². The summed E-state index contributed by atoms with van der Waals surface area (Å²) in [7, 11) is -2.15. The van der Waals surface area contributed by atoms with Crippen molar-refractivity contribution in [3.8, 4) is 6.07 Å². The number of hydrogen-bond donors (Lipinski definition) is 3. The third kappa shape index (κ3) is 5.41. The Morgan fingerprint density at radius 2 is 2.03 bits per heavy atom. The van der Waals surface area contributed by atoms with Crippen LogP contribution in [0.15, 0.2) is 35.4 Å². The maximum absolute atomic E-state index is 12.3. The van der Waals surface area contributed by atoms with Gasteiger partial charge in [0.15, 0.2) is 5.82 Å². The summed E-state index contributed by atoms with van der Waals surface area (Å²) in [6, 6.07) is 8.27. The third-order valence-corrected chi connectivity index (χ3v) is 6.74. The van der Waals surface area contributed by atoms with E-state index in [-0.39, 0.29) is 41.4 Å². The van der Waals surface area contributed by atoms with Gasteiger partial charge in [-0.15, -0.1) is 0 Å². The van der Waals surface area contributed by atoms with E-state index in [0.29, 0.717) is 5.69 Å². The molecule has 1 aliphatic carbocycles. The van der Waals surface area contributed by atoms with Crippen LogP contribution in [-0.2, 0) is 14.8 Å². The number of sulfonamides is 1. The average molecular weight is 447 g/mol. The fraction of sp³-hybridized carbons (Fsp3) is 0.450. The summed E-state index contributed by atoms with van der Waals surface area (Å²) >= 11 is 0. The van der Waals surface area contributed by atoms with E-state index in [9.17, 15) is 18.5 Å². The molecule has 1 heterocycles. The van der Waals surface area contributed by atoms with Crippen LogP contribution in [0.3, 0.4) is 0 Å². The normalized spacial score (nSPS) is 19.0. The number of benzene rings is 1. The summed E-state index contributed by atoms with van der Waals surface area (Å²) in [6.07, 6.45) is 5.17. The fourth-order valence-electron chi connectivity index (χ4n) is 3.63. The zero-order chi connectivity index (χ0) is 22.4. The summed E-state index contributed by atoms with van der Waals surface area (Å²) in [5.41, 5.74) is 6.28. The number of anilines is 2. The number of primary amides is 1. The van der Waals surface area contributed by atoms with Gasteiger partial charge >= 0.3 is 0 Å². The fourth-order valence-corrected chi connectivity index (χ4v) is 4.64. The van der Waals surface area contributed by atoms with Crippen LogP contribution in [0.4, 0.5) is 11.5 Å². The summed E-state index contributed by atoms with van der Waals surface area (Å²) in [4.78, 5) is 12.0. The standard InChI is InChI=1S/C20H26N6O4S/c1-30-11-10-23-31(28,29)16-8-6-15(7-9-16)24-20-17(19(22)27)13-26(25-20)18-5-3-2-4-14(18)12-21/h6-9,13-14,18,23H,2-5,10-11H2,1H3,(H2,22,27)(H,24,25)/t14-,18+/m1/s1. The SMILES string of the molecule is COCCNS(=O)(=O)c1ccc(Nc2nn([C@H]3CCCC[C@@H]3C#N)cc2C(N)=O)cc1. The Hall–Kier alpha value is -2.94. The van der Waals surface area contributed by atoms with E-state index in [1.54, 1.807) is 23.0 Å². The van der Waals surface area contributed by atoms with Crippen LogP contribution in [0.25, 0.3) is 0 Å². The molecular formula is C20H26N6O4S. The lowest BCUT2D eigenvalue weighted by Crippen LogP contribution is -2.27. The number of rotatable bonds is 9. The molecule has 31 heavy (non-hydrogen) atoms. The molecule has 3 rings (SSSR count). The molecule has 1 fully saturated rings. The highest BCUT2D eigenvalue weighted by Crippen LogP contribution is 2.34. The summed E-state index contributed by atoms with van der Waals surface area (Å²) in [5.74, 6) is -0.541. The highest BCUT2D eigenvalue weighted by molar-refractivity contribution is 7.89. The van der Waals surface area contributed by atoms with E-state index in [1.165, 1.54) is 19.2 Å². The molecule has 1 aliphatic rings. The molecule has 4 N–H and O–H groups in total. The second kappa shape index (κ2) is 9.91. The van der Waals surface area contributed by atoms with Gasteiger partial charge < -0.3 is 15.8 Å². The molecule has 0 aliphatic heterocycles. The Balaban J connectivity index is 1.80. The van der Waals surface area contributed by atoms with Gasteiger partial charge in [0, 0.05) is 25.5 Å². The molecule has 11 heteroatoms. The largest absolute Gasteiger partial charge is 0.383 e. The Morgan fingerprint density at radius 3 is 2.68 bits per heavy atom. The van der Waals surface area contributed by atoms with Crippen molar-refractivity contribution in [2.45, 2.75) is 36.6 Å². The molecule has 10 nitrogen and oxygen atoms in total. The maximum atomic E-state index is 12.3. The summed E-state index contributed by atoms with van der Waals surface area (Å²) in [5, 5.41) is 16.9. The van der Waals surface area contributed by atoms with Crippen LogP contribution in [-0.4, -0.2) is 44.4 Å². The maximum Gasteiger partial charge on any atom is 0.254 e. The Morgan fingerprint density at radius 1 is 1.32 bits per heavy atom. The smallest absolute Gasteiger partial charge is 0.254 e. The zero-order valence-electron chi connectivity index (χ0n) is 17.2. The van der Waals surface area contributed by atoms with Crippen molar-refractivity contribution in [1.29, 1.82) is 5.26 Å². The zero-order valence-corrected chi connectivity index (χ0v) is 18.1. The lowest BCUT2D eigenvalue weighted by molar-refractivity contribution is 0.100. The van der Waals surface area contributed by atoms with Crippen LogP contribution < -0.4 is 15.8 Å². The van der Waals surface area contributed by atoms with Crippen molar-refractivity contribution in [3.05, 3.63) is 36.0 Å². The van der Waals surface area contributed by atoms with Gasteiger partial charge in [-0.25, -0.2) is 13.1 Å². The van der Waals surface area contributed by atoms with E-state index in [2.05, 4.69) is 21.2 Å². The number of hydrogen-bond acceptors (Lipinski definition) is 7. The highest BCUT2D eigenvalue weighted by Gasteiger charge is 2.29. The molecule has 1 aromatic carbocycles. The minimum absolute atomic E-state index is 0.105. The van der Waals surface area contributed by atoms with Crippen molar-refractivity contribution in [2.75, 3.05) is 25.6 Å². The monoisotopic (exact) mass is 446 g/mol. The number of carbonyl (C=O) groups is 1. The topological polar surface area (TPSA) is 152 Å². The van der Waals surface area contributed by atoms with Gasteiger partial charge in [0.05, 0.1) is 29.5 Å². The molecule has 0 radical (unpaired) electrons. The lowest BCUT2D eigenvalue weighted by Gasteiger charge is -2.26. The second-order valence-corrected chi connectivity index (χ2v) is 9.13. The number of nitriles is 1. The first-order chi connectivity index (χ1) is 14.9. The number of nitrogens with two attached hydrogens (primary N) is 1. The average Bonchev–Trinajstić information content (AvgIpc) is 3.18. The number of amides is 1. The van der Waals surface area contributed by atoms with Gasteiger partial charge in [0.25, 0.3) is 5.91 Å². The van der Waals surface area contributed by atoms with Crippen molar-refractivity contribution in [3.63, 3.8) is 0 Å². The highest BCUT2D eigenvalue weighted by atomic mass is 32.2. The van der Waals surface area contributed by atoms with Gasteiger partial charge in [-0.3, -0.25) is 9.48 Å². The summed E-state index contributed by atoms with van der Waals surface area (Å²) in [6.45, 7) is 0.439. The van der Waals surface area contributed by atoms with Crippen molar-refractivity contribution >= 4 is 27.4 Å². The molecule has 1 amide bonds. The Kier molecular flexibility index (Phi) is 7.27. The van der Waals surface area contributed by atoms with Crippen LogP contribution in [0.5, 0.6) is 0 Å². The minimum Gasteiger partial charge on any atom is -0.383 e. The number of nitrogens with one attached hydrogen (secondary N) is 2. The first-order valence-corrected chi connectivity index (χ1v) is 11.5. The number of ether oxygens (including phenoxy) is 1. The van der Waals surface area contributed by atoms with Crippen molar-refractivity contribution < 1.29 is 17.9 Å². The number of nitrogens with zero attached hydrogens (tertiary/aromatic N) is 3.